The number of likely N-dealkylation sites (N-methyl/N-ethyl adjacent to an activating group) is 1. The molecule has 0 aliphatic heterocycles. The number of aryl methyl sites for hydroxylation is 1. The molecule has 1 N–H and O–H groups in total. The average Bonchev–Trinajstić information content (AvgIpc) is 3.05. The van der Waals surface area contributed by atoms with Crippen LogP contribution in [0.5, 0.6) is 5.75 Å². The Balaban J connectivity index is 1.77. The summed E-state index contributed by atoms with van der Waals surface area (Å²) < 4.78 is 46.8. The lowest BCUT2D eigenvalue weighted by molar-refractivity contribution is -0.130. The Morgan fingerprint density at radius 1 is 1.13 bits per heavy atom. The van der Waals surface area contributed by atoms with Gasteiger partial charge in [-0.25, -0.2) is 18.2 Å². The number of nitrogens with one attached hydrogen (secondary N) is 1. The fourth-order valence-electron chi connectivity index (χ4n) is 2.62. The first-order chi connectivity index (χ1) is 14.7. The van der Waals surface area contributed by atoms with Crippen molar-refractivity contribution in [2.75, 3.05) is 26.0 Å². The van der Waals surface area contributed by atoms with Gasteiger partial charge >= 0.3 is 0 Å². The molecule has 0 saturated heterocycles. The lowest BCUT2D eigenvalue weighted by atomic mass is 10.1. The van der Waals surface area contributed by atoms with Gasteiger partial charge < -0.3 is 9.64 Å². The number of ether oxygens (including phenoxy) is 1. The molecule has 1 heterocycles. The normalized spacial score (nSPS) is 10.6. The molecule has 162 valence electrons. The van der Waals surface area contributed by atoms with Crippen molar-refractivity contribution in [3.63, 3.8) is 0 Å². The zero-order chi connectivity index (χ0) is 22.7. The van der Waals surface area contributed by atoms with Gasteiger partial charge in [-0.15, -0.1) is 11.3 Å². The van der Waals surface area contributed by atoms with E-state index in [0.717, 1.165) is 11.3 Å². The van der Waals surface area contributed by atoms with Gasteiger partial charge in [0.15, 0.2) is 11.7 Å². The van der Waals surface area contributed by atoms with Gasteiger partial charge in [-0.2, -0.15) is 0 Å². The van der Waals surface area contributed by atoms with E-state index >= 15 is 0 Å². The first-order valence-electron chi connectivity index (χ1n) is 9.02. The number of carbonyl (C=O) groups excluding carboxylic acids is 2. The number of amides is 2. The maximum absolute atomic E-state index is 14.1. The number of aromatic nitrogens is 1. The summed E-state index contributed by atoms with van der Waals surface area (Å²) in [4.78, 5) is 30.1. The molecule has 0 aliphatic carbocycles. The summed E-state index contributed by atoms with van der Waals surface area (Å²) in [6.45, 7) is 1.41. The number of thiazole rings is 1. The number of halogens is 3. The van der Waals surface area contributed by atoms with Crippen LogP contribution in [0.3, 0.4) is 0 Å². The van der Waals surface area contributed by atoms with Crippen LogP contribution in [-0.2, 0) is 4.79 Å². The van der Waals surface area contributed by atoms with Gasteiger partial charge in [0.1, 0.15) is 23.2 Å². The van der Waals surface area contributed by atoms with E-state index in [1.165, 1.54) is 17.0 Å². The fraction of sp³-hybridized carbons (Fsp3) is 0.190. The maximum atomic E-state index is 14.1. The highest BCUT2D eigenvalue weighted by Gasteiger charge is 2.20. The third kappa shape index (κ3) is 5.21. The molecule has 1 aromatic heterocycles. The van der Waals surface area contributed by atoms with Crippen molar-refractivity contribution in [3.05, 3.63) is 64.3 Å². The highest BCUT2D eigenvalue weighted by atomic mass is 32.1. The zero-order valence-electron chi connectivity index (χ0n) is 16.8. The zero-order valence-corrected chi connectivity index (χ0v) is 17.6. The molecule has 31 heavy (non-hydrogen) atoms. The summed E-state index contributed by atoms with van der Waals surface area (Å²) in [5, 5.41) is 2.69. The molecule has 3 rings (SSSR count). The van der Waals surface area contributed by atoms with E-state index in [1.807, 2.05) is 0 Å². The summed E-state index contributed by atoms with van der Waals surface area (Å²) >= 11 is 1.02. The van der Waals surface area contributed by atoms with Crippen molar-refractivity contribution in [1.82, 2.24) is 9.88 Å². The molecule has 2 aromatic carbocycles. The van der Waals surface area contributed by atoms with Crippen LogP contribution in [0.4, 0.5) is 18.3 Å². The van der Waals surface area contributed by atoms with Crippen molar-refractivity contribution in [2.45, 2.75) is 6.92 Å². The molecule has 10 heteroatoms. The molecule has 0 fully saturated rings. The van der Waals surface area contributed by atoms with Gasteiger partial charge in [0, 0.05) is 36.7 Å². The second-order valence-electron chi connectivity index (χ2n) is 6.73. The summed E-state index contributed by atoms with van der Waals surface area (Å²) in [6, 6.07) is 7.33. The minimum atomic E-state index is -1.08. The molecule has 0 saturated carbocycles. The van der Waals surface area contributed by atoms with Gasteiger partial charge in [0.2, 0.25) is 0 Å². The summed E-state index contributed by atoms with van der Waals surface area (Å²) in [7, 11) is 3.20. The second-order valence-corrected chi connectivity index (χ2v) is 7.93. The number of hydrogen-bond donors (Lipinski definition) is 1. The highest BCUT2D eigenvalue weighted by molar-refractivity contribution is 7.16. The Labute approximate surface area is 180 Å². The second kappa shape index (κ2) is 9.17. The molecule has 2 amide bonds. The summed E-state index contributed by atoms with van der Waals surface area (Å²) in [6.07, 6.45) is 0. The van der Waals surface area contributed by atoms with Crippen molar-refractivity contribution in [1.29, 1.82) is 0 Å². The van der Waals surface area contributed by atoms with Crippen molar-refractivity contribution < 1.29 is 27.5 Å². The van der Waals surface area contributed by atoms with Gasteiger partial charge in [0.25, 0.3) is 11.8 Å². The number of carbonyl (C=O) groups is 2. The topological polar surface area (TPSA) is 71.5 Å². The largest absolute Gasteiger partial charge is 0.484 e. The lowest BCUT2D eigenvalue weighted by Gasteiger charge is -2.11. The Morgan fingerprint density at radius 2 is 1.81 bits per heavy atom. The quantitative estimate of drug-likeness (QED) is 0.611. The van der Waals surface area contributed by atoms with E-state index in [-0.39, 0.29) is 28.9 Å². The van der Waals surface area contributed by atoms with E-state index in [9.17, 15) is 22.8 Å². The van der Waals surface area contributed by atoms with Crippen LogP contribution >= 0.6 is 11.3 Å². The SMILES string of the molecule is Cc1sc(NC(=O)c2cccc(OCC(=O)N(C)C)c2)nc1-c1c(F)cc(F)cc1F. The van der Waals surface area contributed by atoms with Crippen LogP contribution in [0.25, 0.3) is 11.3 Å². The summed E-state index contributed by atoms with van der Waals surface area (Å²) in [5.41, 5.74) is -0.241. The van der Waals surface area contributed by atoms with E-state index in [4.69, 9.17) is 4.74 Å². The third-order valence-electron chi connectivity index (χ3n) is 4.22. The number of nitrogens with zero attached hydrogens (tertiary/aromatic N) is 2. The predicted molar refractivity (Wildman–Crippen MR) is 111 cm³/mol. The van der Waals surface area contributed by atoms with Gasteiger partial charge in [0.05, 0.1) is 11.3 Å². The van der Waals surface area contributed by atoms with E-state index in [0.29, 0.717) is 22.8 Å². The maximum Gasteiger partial charge on any atom is 0.259 e. The molecular formula is C21H18F3N3O3S. The molecular weight excluding hydrogens is 431 g/mol. The number of benzene rings is 2. The minimum absolute atomic E-state index is 0.0189. The monoisotopic (exact) mass is 449 g/mol. The predicted octanol–water partition coefficient (Wildman–Crippen LogP) is 4.26. The molecule has 0 spiro atoms. The van der Waals surface area contributed by atoms with Crippen LogP contribution in [0, 0.1) is 24.4 Å². The molecule has 0 unspecified atom stereocenters. The highest BCUT2D eigenvalue weighted by Crippen LogP contribution is 2.34. The Kier molecular flexibility index (Phi) is 6.59. The van der Waals surface area contributed by atoms with Crippen molar-refractivity contribution in [2.24, 2.45) is 0 Å². The van der Waals surface area contributed by atoms with Gasteiger partial charge in [-0.1, -0.05) is 6.07 Å². The van der Waals surface area contributed by atoms with Crippen molar-refractivity contribution >= 4 is 28.3 Å². The Hall–Kier alpha value is -3.40. The Morgan fingerprint density at radius 3 is 2.45 bits per heavy atom. The summed E-state index contributed by atoms with van der Waals surface area (Å²) in [5.74, 6) is -3.63. The van der Waals surface area contributed by atoms with E-state index < -0.39 is 28.9 Å². The molecule has 0 radical (unpaired) electrons. The van der Waals surface area contributed by atoms with E-state index in [1.54, 1.807) is 33.2 Å². The lowest BCUT2D eigenvalue weighted by Crippen LogP contribution is -2.27. The van der Waals surface area contributed by atoms with Crippen molar-refractivity contribution in [3.8, 4) is 17.0 Å². The smallest absolute Gasteiger partial charge is 0.259 e. The van der Waals surface area contributed by atoms with Crippen LogP contribution in [-0.4, -0.2) is 42.4 Å². The molecule has 0 aliphatic rings. The molecule has 0 bridgehead atoms. The first kappa shape index (κ1) is 22.3. The molecule has 0 atom stereocenters. The van der Waals surface area contributed by atoms with Crippen LogP contribution in [0.1, 0.15) is 15.2 Å². The average molecular weight is 449 g/mol. The third-order valence-corrected chi connectivity index (χ3v) is 5.10. The standard InChI is InChI=1S/C21H18F3N3O3S/c1-11-19(18-15(23)8-13(22)9-16(18)24)25-21(31-11)26-20(29)12-5-4-6-14(7-12)30-10-17(28)27(2)3/h4-9H,10H2,1-3H3,(H,25,26,29). The number of rotatable bonds is 6. The van der Waals surface area contributed by atoms with Crippen LogP contribution in [0.2, 0.25) is 0 Å². The Bertz CT molecular complexity index is 1120. The van der Waals surface area contributed by atoms with Crippen LogP contribution < -0.4 is 10.1 Å². The van der Waals surface area contributed by atoms with E-state index in [2.05, 4.69) is 10.3 Å². The number of hydrogen-bond acceptors (Lipinski definition) is 5. The minimum Gasteiger partial charge on any atom is -0.484 e. The molecule has 3 aromatic rings. The fourth-order valence-corrected chi connectivity index (χ4v) is 3.44. The first-order valence-corrected chi connectivity index (χ1v) is 9.84. The molecule has 6 nitrogen and oxygen atoms in total. The number of anilines is 1. The van der Waals surface area contributed by atoms with Gasteiger partial charge in [-0.05, 0) is 25.1 Å². The van der Waals surface area contributed by atoms with Crippen LogP contribution in [0.15, 0.2) is 36.4 Å². The van der Waals surface area contributed by atoms with Gasteiger partial charge in [-0.3, -0.25) is 14.9 Å².